The highest BCUT2D eigenvalue weighted by atomic mass is 35.5. The summed E-state index contributed by atoms with van der Waals surface area (Å²) in [6.07, 6.45) is 1.42. The molecule has 0 unspecified atom stereocenters. The summed E-state index contributed by atoms with van der Waals surface area (Å²) in [4.78, 5) is 0. The van der Waals surface area contributed by atoms with Gasteiger partial charge in [0.15, 0.2) is 0 Å². The fourth-order valence-electron chi connectivity index (χ4n) is 2.61. The van der Waals surface area contributed by atoms with E-state index in [1.54, 1.807) is 12.1 Å². The quantitative estimate of drug-likeness (QED) is 0.769. The SMILES string of the molecule is CC(C)C1CC(C#N)(c2c(F)cccc2Cl)C1. The molecule has 0 heterocycles. The van der Waals surface area contributed by atoms with Crippen LogP contribution in [0, 0.1) is 29.0 Å². The Morgan fingerprint density at radius 1 is 1.47 bits per heavy atom. The second kappa shape index (κ2) is 4.31. The molecule has 0 atom stereocenters. The third kappa shape index (κ3) is 1.93. The lowest BCUT2D eigenvalue weighted by Crippen LogP contribution is -2.43. The van der Waals surface area contributed by atoms with E-state index in [0.717, 1.165) is 0 Å². The van der Waals surface area contributed by atoms with Crippen molar-refractivity contribution in [2.24, 2.45) is 11.8 Å². The fourth-order valence-corrected chi connectivity index (χ4v) is 2.96. The standard InChI is InChI=1S/C14H15ClFN/c1-9(2)10-6-14(7-10,8-17)13-11(15)4-3-5-12(13)16/h3-5,9-10H,6-7H2,1-2H3. The molecule has 1 saturated carbocycles. The average Bonchev–Trinajstić information content (AvgIpc) is 2.20. The Bertz CT molecular complexity index is 449. The van der Waals surface area contributed by atoms with Gasteiger partial charge >= 0.3 is 0 Å². The molecule has 0 spiro atoms. The maximum absolute atomic E-state index is 13.8. The Labute approximate surface area is 106 Å². The number of hydrogen-bond donors (Lipinski definition) is 0. The minimum absolute atomic E-state index is 0.360. The first-order valence-corrected chi connectivity index (χ1v) is 6.24. The molecule has 0 bridgehead atoms. The van der Waals surface area contributed by atoms with Gasteiger partial charge in [0.25, 0.3) is 0 Å². The van der Waals surface area contributed by atoms with E-state index in [1.807, 2.05) is 0 Å². The predicted octanol–water partition coefficient (Wildman–Crippen LogP) is 4.31. The summed E-state index contributed by atoms with van der Waals surface area (Å²) in [5.74, 6) is 0.661. The van der Waals surface area contributed by atoms with Gasteiger partial charge in [-0.05, 0) is 36.8 Å². The molecule has 3 heteroatoms. The third-order valence-corrected chi connectivity index (χ3v) is 4.13. The summed E-state index contributed by atoms with van der Waals surface area (Å²) in [5.41, 5.74) is -0.321. The highest BCUT2D eigenvalue weighted by molar-refractivity contribution is 6.31. The van der Waals surface area contributed by atoms with Crippen molar-refractivity contribution >= 4 is 11.6 Å². The predicted molar refractivity (Wildman–Crippen MR) is 66.3 cm³/mol. The van der Waals surface area contributed by atoms with Crippen molar-refractivity contribution in [3.63, 3.8) is 0 Å². The van der Waals surface area contributed by atoms with Gasteiger partial charge in [-0.2, -0.15) is 5.26 Å². The summed E-state index contributed by atoms with van der Waals surface area (Å²) in [6, 6.07) is 6.88. The zero-order chi connectivity index (χ0) is 12.6. The molecule has 0 aromatic heterocycles. The van der Waals surface area contributed by atoms with Crippen molar-refractivity contribution < 1.29 is 4.39 Å². The summed E-state index contributed by atoms with van der Waals surface area (Å²) >= 11 is 6.04. The molecule has 90 valence electrons. The number of hydrogen-bond acceptors (Lipinski definition) is 1. The van der Waals surface area contributed by atoms with Crippen LogP contribution in [0.4, 0.5) is 4.39 Å². The van der Waals surface area contributed by atoms with E-state index >= 15 is 0 Å². The first-order valence-electron chi connectivity index (χ1n) is 5.86. The van der Waals surface area contributed by atoms with Crippen molar-refractivity contribution in [1.29, 1.82) is 5.26 Å². The molecular formula is C14H15ClFN. The van der Waals surface area contributed by atoms with E-state index in [-0.39, 0.29) is 5.82 Å². The summed E-state index contributed by atoms with van der Waals surface area (Å²) < 4.78 is 13.8. The topological polar surface area (TPSA) is 23.8 Å². The van der Waals surface area contributed by atoms with E-state index in [2.05, 4.69) is 19.9 Å². The molecule has 1 aliphatic rings. The number of halogens is 2. The van der Waals surface area contributed by atoms with E-state index in [9.17, 15) is 9.65 Å². The van der Waals surface area contributed by atoms with Crippen LogP contribution in [-0.2, 0) is 5.41 Å². The molecule has 17 heavy (non-hydrogen) atoms. The molecule has 0 radical (unpaired) electrons. The van der Waals surface area contributed by atoms with Gasteiger partial charge in [0.1, 0.15) is 5.82 Å². The van der Waals surface area contributed by atoms with Gasteiger partial charge in [-0.15, -0.1) is 0 Å². The third-order valence-electron chi connectivity index (χ3n) is 3.82. The number of benzene rings is 1. The summed E-state index contributed by atoms with van der Waals surface area (Å²) in [7, 11) is 0. The van der Waals surface area contributed by atoms with E-state index < -0.39 is 5.41 Å². The minimum Gasteiger partial charge on any atom is -0.207 e. The van der Waals surface area contributed by atoms with Gasteiger partial charge in [-0.3, -0.25) is 0 Å². The Morgan fingerprint density at radius 2 is 2.12 bits per heavy atom. The number of nitrogens with zero attached hydrogens (tertiary/aromatic N) is 1. The Kier molecular flexibility index (Phi) is 3.14. The Morgan fingerprint density at radius 3 is 2.59 bits per heavy atom. The van der Waals surface area contributed by atoms with Crippen molar-refractivity contribution in [3.8, 4) is 6.07 Å². The van der Waals surface area contributed by atoms with Crippen LogP contribution in [0.3, 0.4) is 0 Å². The van der Waals surface area contributed by atoms with Crippen LogP contribution in [0.5, 0.6) is 0 Å². The molecular weight excluding hydrogens is 237 g/mol. The zero-order valence-corrected chi connectivity index (χ0v) is 10.8. The fraction of sp³-hybridized carbons (Fsp3) is 0.500. The van der Waals surface area contributed by atoms with Crippen LogP contribution in [-0.4, -0.2) is 0 Å². The largest absolute Gasteiger partial charge is 0.207 e. The van der Waals surface area contributed by atoms with E-state index in [4.69, 9.17) is 11.6 Å². The van der Waals surface area contributed by atoms with Crippen LogP contribution in [0.25, 0.3) is 0 Å². The maximum atomic E-state index is 13.8. The first-order chi connectivity index (χ1) is 8.00. The molecule has 1 nitrogen and oxygen atoms in total. The van der Waals surface area contributed by atoms with Crippen LogP contribution in [0.15, 0.2) is 18.2 Å². The van der Waals surface area contributed by atoms with Crippen molar-refractivity contribution in [3.05, 3.63) is 34.6 Å². The molecule has 1 aliphatic carbocycles. The van der Waals surface area contributed by atoms with E-state index in [1.165, 1.54) is 6.07 Å². The number of rotatable bonds is 2. The smallest absolute Gasteiger partial charge is 0.129 e. The van der Waals surface area contributed by atoms with Gasteiger partial charge in [-0.25, -0.2) is 4.39 Å². The summed E-state index contributed by atoms with van der Waals surface area (Å²) in [6.45, 7) is 4.27. The second-order valence-corrected chi connectivity index (χ2v) is 5.61. The number of nitriles is 1. The van der Waals surface area contributed by atoms with Gasteiger partial charge in [0.2, 0.25) is 0 Å². The Hall–Kier alpha value is -1.07. The summed E-state index contributed by atoms with van der Waals surface area (Å²) in [5, 5.41) is 9.73. The van der Waals surface area contributed by atoms with E-state index in [0.29, 0.717) is 35.3 Å². The van der Waals surface area contributed by atoms with Gasteiger partial charge in [0.05, 0.1) is 11.5 Å². The second-order valence-electron chi connectivity index (χ2n) is 5.20. The maximum Gasteiger partial charge on any atom is 0.129 e. The lowest BCUT2D eigenvalue weighted by atomic mass is 9.56. The van der Waals surface area contributed by atoms with Crippen LogP contribution < -0.4 is 0 Å². The van der Waals surface area contributed by atoms with Gasteiger partial charge in [0, 0.05) is 10.6 Å². The molecule has 0 aliphatic heterocycles. The van der Waals surface area contributed by atoms with Crippen LogP contribution in [0.1, 0.15) is 32.3 Å². The molecule has 1 fully saturated rings. The molecule has 0 saturated heterocycles. The average molecular weight is 252 g/mol. The normalized spacial score (nSPS) is 27.6. The minimum atomic E-state index is -0.711. The highest BCUT2D eigenvalue weighted by Crippen LogP contribution is 2.52. The molecule has 1 aromatic carbocycles. The molecule has 1 aromatic rings. The molecule has 2 rings (SSSR count). The molecule has 0 amide bonds. The molecule has 0 N–H and O–H groups in total. The monoisotopic (exact) mass is 251 g/mol. The lowest BCUT2D eigenvalue weighted by Gasteiger charge is -2.45. The van der Waals surface area contributed by atoms with Crippen molar-refractivity contribution in [2.75, 3.05) is 0 Å². The Balaban J connectivity index is 2.37. The van der Waals surface area contributed by atoms with Gasteiger partial charge < -0.3 is 0 Å². The van der Waals surface area contributed by atoms with Crippen molar-refractivity contribution in [2.45, 2.75) is 32.1 Å². The lowest BCUT2D eigenvalue weighted by molar-refractivity contribution is 0.141. The van der Waals surface area contributed by atoms with Gasteiger partial charge in [-0.1, -0.05) is 31.5 Å². The highest BCUT2D eigenvalue weighted by Gasteiger charge is 2.49. The zero-order valence-electron chi connectivity index (χ0n) is 10.0. The van der Waals surface area contributed by atoms with Crippen molar-refractivity contribution in [1.82, 2.24) is 0 Å². The first kappa shape index (κ1) is 12.4. The van der Waals surface area contributed by atoms with Crippen LogP contribution >= 0.6 is 11.6 Å². The van der Waals surface area contributed by atoms with Crippen LogP contribution in [0.2, 0.25) is 5.02 Å².